The summed E-state index contributed by atoms with van der Waals surface area (Å²) in [5.41, 5.74) is -0.522. The van der Waals surface area contributed by atoms with E-state index in [0.29, 0.717) is 26.3 Å². The fourth-order valence-corrected chi connectivity index (χ4v) is 1.66. The number of hydrogen-bond acceptors (Lipinski definition) is 5. The van der Waals surface area contributed by atoms with Gasteiger partial charge in [0.2, 0.25) is 0 Å². The number of carbonyl (C=O) groups excluding carboxylic acids is 2. The molecule has 1 aliphatic rings. The van der Waals surface area contributed by atoms with Crippen LogP contribution in [0.3, 0.4) is 0 Å². The van der Waals surface area contributed by atoms with E-state index in [1.54, 1.807) is 17.9 Å². The third-order valence-electron chi connectivity index (χ3n) is 2.48. The Morgan fingerprint density at radius 1 is 1.40 bits per heavy atom. The van der Waals surface area contributed by atoms with Crippen LogP contribution in [0.1, 0.15) is 27.7 Å². The summed E-state index contributed by atoms with van der Waals surface area (Å²) in [7, 11) is 0. The van der Waals surface area contributed by atoms with Gasteiger partial charge in [-0.1, -0.05) is 0 Å². The highest BCUT2D eigenvalue weighted by Crippen LogP contribution is 2.13. The molecule has 0 spiro atoms. The summed E-state index contributed by atoms with van der Waals surface area (Å²) in [4.78, 5) is 24.7. The van der Waals surface area contributed by atoms with E-state index in [4.69, 9.17) is 14.2 Å². The Morgan fingerprint density at radius 2 is 2.10 bits per heavy atom. The summed E-state index contributed by atoms with van der Waals surface area (Å²) >= 11 is 0. The van der Waals surface area contributed by atoms with E-state index in [-0.39, 0.29) is 12.2 Å². The van der Waals surface area contributed by atoms with E-state index in [1.165, 1.54) is 6.08 Å². The molecule has 0 N–H and O–H groups in total. The molecule has 1 aliphatic heterocycles. The van der Waals surface area contributed by atoms with Crippen LogP contribution in [0.2, 0.25) is 0 Å². The van der Waals surface area contributed by atoms with Crippen molar-refractivity contribution in [2.75, 3.05) is 26.3 Å². The van der Waals surface area contributed by atoms with Crippen LogP contribution < -0.4 is 0 Å². The Hall–Kier alpha value is -1.56. The van der Waals surface area contributed by atoms with Crippen molar-refractivity contribution in [2.24, 2.45) is 0 Å². The predicted octanol–water partition coefficient (Wildman–Crippen LogP) is 1.74. The quantitative estimate of drug-likeness (QED) is 0.584. The molecule has 1 atom stereocenters. The zero-order valence-corrected chi connectivity index (χ0v) is 12.5. The van der Waals surface area contributed by atoms with Crippen LogP contribution in [0, 0.1) is 0 Å². The zero-order valence-electron chi connectivity index (χ0n) is 12.5. The van der Waals surface area contributed by atoms with E-state index in [2.05, 4.69) is 0 Å². The molecule has 1 heterocycles. The second kappa shape index (κ2) is 7.28. The second-order valence-electron chi connectivity index (χ2n) is 5.45. The minimum absolute atomic E-state index is 0.319. The Morgan fingerprint density at radius 3 is 2.70 bits per heavy atom. The van der Waals surface area contributed by atoms with Gasteiger partial charge in [-0.2, -0.15) is 0 Å². The summed E-state index contributed by atoms with van der Waals surface area (Å²) < 4.78 is 15.6. The third kappa shape index (κ3) is 6.06. The predicted molar refractivity (Wildman–Crippen MR) is 73.3 cm³/mol. The highest BCUT2D eigenvalue weighted by Gasteiger charge is 2.27. The molecule has 1 fully saturated rings. The number of morpholine rings is 1. The Bertz CT molecular complexity index is 372. The van der Waals surface area contributed by atoms with Crippen LogP contribution in [0.25, 0.3) is 0 Å². The van der Waals surface area contributed by atoms with Gasteiger partial charge in [-0.15, -0.1) is 0 Å². The number of hydrogen-bond donors (Lipinski definition) is 0. The second-order valence-corrected chi connectivity index (χ2v) is 5.45. The topological polar surface area (TPSA) is 65.1 Å². The molecule has 0 unspecified atom stereocenters. The fourth-order valence-electron chi connectivity index (χ4n) is 1.66. The summed E-state index contributed by atoms with van der Waals surface area (Å²) in [6.07, 6.45) is 2.25. The smallest absolute Gasteiger partial charge is 0.410 e. The van der Waals surface area contributed by atoms with Gasteiger partial charge in [-0.05, 0) is 33.8 Å². The van der Waals surface area contributed by atoms with Crippen LogP contribution in [0.15, 0.2) is 12.2 Å². The normalized spacial score (nSPS) is 20.0. The summed E-state index contributed by atoms with van der Waals surface area (Å²) in [5, 5.41) is 0. The van der Waals surface area contributed by atoms with Crippen molar-refractivity contribution >= 4 is 12.1 Å². The number of esters is 1. The molecule has 0 radical (unpaired) electrons. The molecular weight excluding hydrogens is 262 g/mol. The molecule has 114 valence electrons. The van der Waals surface area contributed by atoms with E-state index >= 15 is 0 Å². The van der Waals surface area contributed by atoms with E-state index in [9.17, 15) is 9.59 Å². The maximum absolute atomic E-state index is 11.9. The van der Waals surface area contributed by atoms with Gasteiger partial charge in [-0.25, -0.2) is 9.59 Å². The molecule has 1 amide bonds. The SMILES string of the molecule is CCOC(=O)/C=C/[C@H]1CN(C(=O)OC(C)(C)C)CCO1. The summed E-state index contributed by atoms with van der Waals surface area (Å²) in [6, 6.07) is 0. The van der Waals surface area contributed by atoms with Gasteiger partial charge in [0.1, 0.15) is 5.60 Å². The minimum Gasteiger partial charge on any atom is -0.463 e. The van der Waals surface area contributed by atoms with Crippen molar-refractivity contribution < 1.29 is 23.8 Å². The third-order valence-corrected chi connectivity index (χ3v) is 2.48. The van der Waals surface area contributed by atoms with Crippen molar-refractivity contribution in [3.8, 4) is 0 Å². The number of rotatable bonds is 3. The number of nitrogens with zero attached hydrogens (tertiary/aromatic N) is 1. The molecule has 0 aromatic rings. The molecule has 0 aliphatic carbocycles. The lowest BCUT2D eigenvalue weighted by molar-refractivity contribution is -0.137. The first-order valence-electron chi connectivity index (χ1n) is 6.76. The average molecular weight is 285 g/mol. The molecule has 0 bridgehead atoms. The van der Waals surface area contributed by atoms with Gasteiger partial charge in [-0.3, -0.25) is 0 Å². The Labute approximate surface area is 119 Å². The number of amides is 1. The molecule has 1 saturated heterocycles. The monoisotopic (exact) mass is 285 g/mol. The van der Waals surface area contributed by atoms with Crippen LogP contribution in [-0.2, 0) is 19.0 Å². The van der Waals surface area contributed by atoms with Gasteiger partial charge in [0, 0.05) is 12.6 Å². The minimum atomic E-state index is -0.522. The van der Waals surface area contributed by atoms with Crippen LogP contribution in [0.5, 0.6) is 0 Å². The van der Waals surface area contributed by atoms with Gasteiger partial charge < -0.3 is 19.1 Å². The molecule has 6 heteroatoms. The summed E-state index contributed by atoms with van der Waals surface area (Å²) in [6.45, 7) is 8.81. The highest BCUT2D eigenvalue weighted by atomic mass is 16.6. The Kier molecular flexibility index (Phi) is 6.01. The lowest BCUT2D eigenvalue weighted by Gasteiger charge is -2.33. The van der Waals surface area contributed by atoms with Crippen LogP contribution >= 0.6 is 0 Å². The highest BCUT2D eigenvalue weighted by molar-refractivity contribution is 5.82. The van der Waals surface area contributed by atoms with Gasteiger partial charge in [0.25, 0.3) is 0 Å². The molecule has 1 rings (SSSR count). The Balaban J connectivity index is 2.50. The largest absolute Gasteiger partial charge is 0.463 e. The standard InChI is InChI=1S/C14H23NO5/c1-5-18-12(16)7-6-11-10-15(8-9-19-11)13(17)20-14(2,3)4/h6-7,11H,5,8-10H2,1-4H3/b7-6+/t11-/m0/s1. The first kappa shape index (κ1) is 16.5. The first-order chi connectivity index (χ1) is 9.31. The molecular formula is C14H23NO5. The molecule has 0 saturated carbocycles. The van der Waals surface area contributed by atoms with Gasteiger partial charge in [0.05, 0.1) is 25.9 Å². The first-order valence-corrected chi connectivity index (χ1v) is 6.76. The molecule has 20 heavy (non-hydrogen) atoms. The average Bonchev–Trinajstić information content (AvgIpc) is 2.35. The van der Waals surface area contributed by atoms with E-state index in [0.717, 1.165) is 0 Å². The van der Waals surface area contributed by atoms with Crippen LogP contribution in [0.4, 0.5) is 4.79 Å². The summed E-state index contributed by atoms with van der Waals surface area (Å²) in [5.74, 6) is -0.412. The van der Waals surface area contributed by atoms with Crippen molar-refractivity contribution in [3.05, 3.63) is 12.2 Å². The number of ether oxygens (including phenoxy) is 3. The molecule has 0 aromatic heterocycles. The van der Waals surface area contributed by atoms with Gasteiger partial charge >= 0.3 is 12.1 Å². The lowest BCUT2D eigenvalue weighted by atomic mass is 10.2. The van der Waals surface area contributed by atoms with Crippen molar-refractivity contribution in [2.45, 2.75) is 39.4 Å². The molecule has 6 nitrogen and oxygen atoms in total. The van der Waals surface area contributed by atoms with E-state index < -0.39 is 11.6 Å². The van der Waals surface area contributed by atoms with Gasteiger partial charge in [0.15, 0.2) is 0 Å². The maximum Gasteiger partial charge on any atom is 0.410 e. The van der Waals surface area contributed by atoms with Crippen LogP contribution in [-0.4, -0.2) is 55.0 Å². The van der Waals surface area contributed by atoms with Crippen molar-refractivity contribution in [3.63, 3.8) is 0 Å². The fraction of sp³-hybridized carbons (Fsp3) is 0.714. The van der Waals surface area contributed by atoms with Crippen molar-refractivity contribution in [1.29, 1.82) is 0 Å². The lowest BCUT2D eigenvalue weighted by Crippen LogP contribution is -2.46. The molecule has 0 aromatic carbocycles. The van der Waals surface area contributed by atoms with Crippen molar-refractivity contribution in [1.82, 2.24) is 4.90 Å². The zero-order chi connectivity index (χ0) is 15.2. The van der Waals surface area contributed by atoms with E-state index in [1.807, 2.05) is 20.8 Å². The maximum atomic E-state index is 11.9. The number of carbonyl (C=O) groups is 2.